The Labute approximate surface area is 161 Å². The molecule has 2 heterocycles. The molecule has 1 amide bonds. The fourth-order valence-electron chi connectivity index (χ4n) is 2.96. The number of benzene rings is 1. The number of hydrogen-bond acceptors (Lipinski definition) is 5. The maximum Gasteiger partial charge on any atom is 0.219 e. The van der Waals surface area contributed by atoms with Crippen molar-refractivity contribution in [3.05, 3.63) is 66.0 Å². The molecule has 2 atom stereocenters. The van der Waals surface area contributed by atoms with E-state index < -0.39 is 0 Å². The molecule has 1 aromatic carbocycles. The first-order valence-corrected chi connectivity index (χ1v) is 9.12. The molecule has 6 heteroatoms. The predicted octanol–water partition coefficient (Wildman–Crippen LogP) is 2.52. The molecule has 1 fully saturated rings. The highest BCUT2D eigenvalue weighted by Crippen LogP contribution is 2.20. The molecule has 3 rings (SSSR count). The summed E-state index contributed by atoms with van der Waals surface area (Å²) in [6.45, 7) is 6.40. The van der Waals surface area contributed by atoms with Crippen LogP contribution in [0.2, 0.25) is 0 Å². The Morgan fingerprint density at radius 3 is 2.19 bits per heavy atom. The van der Waals surface area contributed by atoms with Crippen molar-refractivity contribution >= 4 is 5.91 Å². The van der Waals surface area contributed by atoms with Crippen molar-refractivity contribution in [2.45, 2.75) is 25.9 Å². The van der Waals surface area contributed by atoms with Gasteiger partial charge >= 0.3 is 0 Å². The summed E-state index contributed by atoms with van der Waals surface area (Å²) in [5, 5.41) is 9.31. The van der Waals surface area contributed by atoms with Crippen LogP contribution in [-0.4, -0.2) is 46.9 Å². The SMILES string of the molecule is CC(=O)N1CCN(C(C#N)c2cccnc2)CC1.CC(N)c1ccccc1. The van der Waals surface area contributed by atoms with Gasteiger partial charge in [0.2, 0.25) is 5.91 Å². The number of rotatable bonds is 3. The van der Waals surface area contributed by atoms with Crippen molar-refractivity contribution in [1.29, 1.82) is 5.26 Å². The zero-order chi connectivity index (χ0) is 19.6. The molecule has 0 bridgehead atoms. The van der Waals surface area contributed by atoms with Gasteiger partial charge in [0.15, 0.2) is 0 Å². The van der Waals surface area contributed by atoms with E-state index in [0.29, 0.717) is 13.1 Å². The van der Waals surface area contributed by atoms with Crippen LogP contribution in [0.3, 0.4) is 0 Å². The highest BCUT2D eigenvalue weighted by Gasteiger charge is 2.25. The van der Waals surface area contributed by atoms with Crippen LogP contribution in [-0.2, 0) is 4.79 Å². The Hall–Kier alpha value is -2.75. The van der Waals surface area contributed by atoms with Crippen LogP contribution >= 0.6 is 0 Å². The lowest BCUT2D eigenvalue weighted by molar-refractivity contribution is -0.130. The van der Waals surface area contributed by atoms with Gasteiger partial charge in [-0.25, -0.2) is 0 Å². The van der Waals surface area contributed by atoms with Crippen molar-refractivity contribution in [1.82, 2.24) is 14.8 Å². The second kappa shape index (κ2) is 10.4. The molecule has 2 aromatic rings. The summed E-state index contributed by atoms with van der Waals surface area (Å²) in [6.07, 6.45) is 3.43. The maximum absolute atomic E-state index is 11.2. The molecule has 1 aromatic heterocycles. The Balaban J connectivity index is 0.000000244. The third-order valence-corrected chi connectivity index (χ3v) is 4.57. The summed E-state index contributed by atoms with van der Waals surface area (Å²) in [5.41, 5.74) is 7.72. The fraction of sp³-hybridized carbons (Fsp3) is 0.381. The van der Waals surface area contributed by atoms with Crippen molar-refractivity contribution in [3.63, 3.8) is 0 Å². The summed E-state index contributed by atoms with van der Waals surface area (Å²) < 4.78 is 0. The van der Waals surface area contributed by atoms with Gasteiger partial charge in [0.1, 0.15) is 6.04 Å². The van der Waals surface area contributed by atoms with Gasteiger partial charge in [-0.15, -0.1) is 0 Å². The molecule has 142 valence electrons. The molecule has 27 heavy (non-hydrogen) atoms. The molecule has 2 N–H and O–H groups in total. The quantitative estimate of drug-likeness (QED) is 0.903. The van der Waals surface area contributed by atoms with E-state index in [4.69, 9.17) is 5.73 Å². The summed E-state index contributed by atoms with van der Waals surface area (Å²) >= 11 is 0. The summed E-state index contributed by atoms with van der Waals surface area (Å²) in [5.74, 6) is 0.101. The predicted molar refractivity (Wildman–Crippen MR) is 105 cm³/mol. The molecule has 1 saturated heterocycles. The van der Waals surface area contributed by atoms with Crippen molar-refractivity contribution < 1.29 is 4.79 Å². The molecule has 0 spiro atoms. The molecule has 6 nitrogen and oxygen atoms in total. The number of nitrogens with two attached hydrogens (primary N) is 1. The zero-order valence-corrected chi connectivity index (χ0v) is 16.0. The number of nitriles is 1. The van der Waals surface area contributed by atoms with Crippen LogP contribution < -0.4 is 5.73 Å². The number of carbonyl (C=O) groups is 1. The first-order valence-electron chi connectivity index (χ1n) is 9.12. The van der Waals surface area contributed by atoms with Crippen molar-refractivity contribution in [2.75, 3.05) is 26.2 Å². The van der Waals surface area contributed by atoms with Crippen LogP contribution in [0, 0.1) is 11.3 Å². The minimum absolute atomic E-state index is 0.101. The lowest BCUT2D eigenvalue weighted by Crippen LogP contribution is -2.48. The number of carbonyl (C=O) groups excluding carboxylic acids is 1. The average Bonchev–Trinajstić information content (AvgIpc) is 2.71. The third kappa shape index (κ3) is 6.17. The number of aromatic nitrogens is 1. The Bertz CT molecular complexity index is 734. The Morgan fingerprint density at radius 2 is 1.74 bits per heavy atom. The van der Waals surface area contributed by atoms with E-state index in [-0.39, 0.29) is 18.0 Å². The summed E-state index contributed by atoms with van der Waals surface area (Å²) in [6, 6.07) is 16.0. The Kier molecular flexibility index (Phi) is 7.93. The summed E-state index contributed by atoms with van der Waals surface area (Å²) in [4.78, 5) is 19.2. The van der Waals surface area contributed by atoms with E-state index in [1.54, 1.807) is 19.3 Å². The van der Waals surface area contributed by atoms with Gasteiger partial charge < -0.3 is 10.6 Å². The number of pyridine rings is 1. The van der Waals surface area contributed by atoms with Gasteiger partial charge in [-0.2, -0.15) is 5.26 Å². The van der Waals surface area contributed by atoms with E-state index >= 15 is 0 Å². The normalized spacial score (nSPS) is 16.4. The van der Waals surface area contributed by atoms with E-state index in [0.717, 1.165) is 18.7 Å². The van der Waals surface area contributed by atoms with Crippen LogP contribution in [0.25, 0.3) is 0 Å². The van der Waals surface area contributed by atoms with E-state index in [9.17, 15) is 10.1 Å². The van der Waals surface area contributed by atoms with Crippen LogP contribution in [0.15, 0.2) is 54.9 Å². The number of hydrogen-bond donors (Lipinski definition) is 1. The average molecular weight is 365 g/mol. The van der Waals surface area contributed by atoms with E-state index in [1.165, 1.54) is 5.56 Å². The molecule has 0 radical (unpaired) electrons. The zero-order valence-electron chi connectivity index (χ0n) is 16.0. The lowest BCUT2D eigenvalue weighted by Gasteiger charge is -2.36. The van der Waals surface area contributed by atoms with Crippen LogP contribution in [0.5, 0.6) is 0 Å². The van der Waals surface area contributed by atoms with Gasteiger partial charge in [-0.3, -0.25) is 14.7 Å². The van der Waals surface area contributed by atoms with Crippen LogP contribution in [0.1, 0.15) is 37.1 Å². The first kappa shape index (κ1) is 20.6. The van der Waals surface area contributed by atoms with E-state index in [1.807, 2.05) is 54.3 Å². The lowest BCUT2D eigenvalue weighted by atomic mass is 10.1. The molecule has 2 unspecified atom stereocenters. The monoisotopic (exact) mass is 365 g/mol. The third-order valence-electron chi connectivity index (χ3n) is 4.57. The molecule has 0 saturated carbocycles. The molecular formula is C21H27N5O. The highest BCUT2D eigenvalue weighted by atomic mass is 16.2. The largest absolute Gasteiger partial charge is 0.340 e. The van der Waals surface area contributed by atoms with Gasteiger partial charge in [-0.1, -0.05) is 36.4 Å². The minimum Gasteiger partial charge on any atom is -0.340 e. The van der Waals surface area contributed by atoms with Gasteiger partial charge in [0.05, 0.1) is 6.07 Å². The van der Waals surface area contributed by atoms with Crippen LogP contribution in [0.4, 0.5) is 0 Å². The molecule has 1 aliphatic heterocycles. The van der Waals surface area contributed by atoms with Crippen molar-refractivity contribution in [2.24, 2.45) is 5.73 Å². The van der Waals surface area contributed by atoms with Gasteiger partial charge in [0, 0.05) is 57.1 Å². The maximum atomic E-state index is 11.2. The number of amides is 1. The van der Waals surface area contributed by atoms with Gasteiger partial charge in [-0.05, 0) is 18.6 Å². The molecular weight excluding hydrogens is 338 g/mol. The first-order chi connectivity index (χ1) is 13.0. The fourth-order valence-corrected chi connectivity index (χ4v) is 2.96. The second-order valence-electron chi connectivity index (χ2n) is 6.56. The van der Waals surface area contributed by atoms with Crippen molar-refractivity contribution in [3.8, 4) is 6.07 Å². The second-order valence-corrected chi connectivity index (χ2v) is 6.56. The van der Waals surface area contributed by atoms with Gasteiger partial charge in [0.25, 0.3) is 0 Å². The van der Waals surface area contributed by atoms with E-state index in [2.05, 4.69) is 16.0 Å². The smallest absolute Gasteiger partial charge is 0.219 e. The molecule has 0 aliphatic carbocycles. The Morgan fingerprint density at radius 1 is 1.11 bits per heavy atom. The molecule has 1 aliphatic rings. The number of nitrogens with zero attached hydrogens (tertiary/aromatic N) is 4. The summed E-state index contributed by atoms with van der Waals surface area (Å²) in [7, 11) is 0. The number of piperazine rings is 1. The minimum atomic E-state index is -0.271. The topological polar surface area (TPSA) is 86.2 Å². The highest BCUT2D eigenvalue weighted by molar-refractivity contribution is 5.73. The standard InChI is InChI=1S/C13H16N4O.C8H11N/c1-11(18)16-5-7-17(8-6-16)13(9-14)12-3-2-4-15-10-12;1-7(9)8-5-3-2-4-6-8/h2-4,10,13H,5-8H2,1H3;2-7H,9H2,1H3.